The molecule has 2 heterocycles. The molecule has 4 aromatic rings. The zero-order valence-corrected chi connectivity index (χ0v) is 24.2. The lowest BCUT2D eigenvalue weighted by Gasteiger charge is -2.20. The fourth-order valence-corrected chi connectivity index (χ4v) is 4.65. The van der Waals surface area contributed by atoms with Crippen molar-refractivity contribution in [2.45, 2.75) is 18.5 Å². The third-order valence-corrected chi connectivity index (χ3v) is 6.94. The van der Waals surface area contributed by atoms with Crippen molar-refractivity contribution in [3.63, 3.8) is 0 Å². The Labute approximate surface area is 269 Å². The predicted molar refractivity (Wildman–Crippen MR) is 161 cm³/mol. The van der Waals surface area contributed by atoms with Gasteiger partial charge < -0.3 is 5.11 Å². The summed E-state index contributed by atoms with van der Waals surface area (Å²) in [7, 11) is 0. The summed E-state index contributed by atoms with van der Waals surface area (Å²) in [6, 6.07) is 33.6. The molecule has 6 rings (SSSR count). The number of aliphatic hydroxyl groups is 1. The molecular weight excluding hydrogens is 642 g/mol. The summed E-state index contributed by atoms with van der Waals surface area (Å²) >= 11 is 0. The number of terminal acetylenes is 2. The van der Waals surface area contributed by atoms with E-state index < -0.39 is 42.1 Å². The van der Waals surface area contributed by atoms with Gasteiger partial charge in [-0.15, -0.1) is 0 Å². The van der Waals surface area contributed by atoms with E-state index in [4.69, 9.17) is 18.0 Å². The van der Waals surface area contributed by atoms with Crippen LogP contribution in [0.3, 0.4) is 0 Å². The number of hydrogen-bond acceptors (Lipinski definition) is 5. The van der Waals surface area contributed by atoms with Gasteiger partial charge in [0.1, 0.15) is 0 Å². The number of alkyl halides is 6. The maximum Gasteiger partial charge on any atom is 0.454 e. The van der Waals surface area contributed by atoms with Gasteiger partial charge >= 0.3 is 18.5 Å². The van der Waals surface area contributed by atoms with Crippen LogP contribution in [0.1, 0.15) is 41.4 Å². The van der Waals surface area contributed by atoms with Gasteiger partial charge in [-0.3, -0.25) is 19.2 Å². The molecule has 1 unspecified atom stereocenters. The molecule has 2 aliphatic heterocycles. The lowest BCUT2D eigenvalue weighted by Crippen LogP contribution is -2.47. The maximum atomic E-state index is 12.2. The summed E-state index contributed by atoms with van der Waals surface area (Å²) < 4.78 is 66.3. The SMILES string of the molecule is C#CN1C(=O)c2cccc(-c3ccccc3)c2C1=O.C#CN1C(=O)c2cccc(-c3ccccc3)c2C1=O.OC(F)(C(F)F)C(F)(F)F. The van der Waals surface area contributed by atoms with Crippen LogP contribution in [0.4, 0.5) is 26.3 Å². The standard InChI is InChI=1S/2C16H9NO2.C3H2F6O/c2*1-2-17-15(18)13-10-6-9-12(14(13)16(17)19)11-7-4-3-5-8-11;4-1(5)2(6,10)3(7,8)9/h2*1,3-10H;1,10H. The lowest BCUT2D eigenvalue weighted by atomic mass is 9.97. The van der Waals surface area contributed by atoms with Crippen LogP contribution in [0, 0.1) is 24.9 Å². The van der Waals surface area contributed by atoms with E-state index in [9.17, 15) is 45.5 Å². The molecule has 1 N–H and O–H groups in total. The van der Waals surface area contributed by atoms with Gasteiger partial charge in [-0.2, -0.15) is 27.4 Å². The third kappa shape index (κ3) is 6.40. The molecule has 0 bridgehead atoms. The zero-order chi connectivity index (χ0) is 35.4. The second-order valence-corrected chi connectivity index (χ2v) is 9.81. The van der Waals surface area contributed by atoms with Crippen molar-refractivity contribution in [1.29, 1.82) is 0 Å². The van der Waals surface area contributed by atoms with Crippen LogP contribution in [0.5, 0.6) is 0 Å². The minimum Gasteiger partial charge on any atom is -0.350 e. The van der Waals surface area contributed by atoms with E-state index >= 15 is 0 Å². The molecule has 7 nitrogen and oxygen atoms in total. The van der Waals surface area contributed by atoms with E-state index in [1.807, 2.05) is 72.8 Å². The number of imide groups is 2. The van der Waals surface area contributed by atoms with Crippen molar-refractivity contribution in [2.24, 2.45) is 0 Å². The first kappa shape index (κ1) is 34.7. The van der Waals surface area contributed by atoms with Gasteiger partial charge in [0.25, 0.3) is 23.6 Å². The van der Waals surface area contributed by atoms with Crippen LogP contribution in [-0.4, -0.2) is 57.0 Å². The van der Waals surface area contributed by atoms with Crippen molar-refractivity contribution < 1.29 is 50.6 Å². The molecule has 0 spiro atoms. The third-order valence-electron chi connectivity index (χ3n) is 6.94. The number of carbonyl (C=O) groups is 4. The number of benzene rings is 4. The fourth-order valence-electron chi connectivity index (χ4n) is 4.65. The molecule has 0 saturated heterocycles. The maximum absolute atomic E-state index is 12.2. The molecule has 4 aromatic carbocycles. The molecule has 2 aliphatic rings. The molecule has 48 heavy (non-hydrogen) atoms. The molecular formula is C35H20F6N2O5. The summed E-state index contributed by atoms with van der Waals surface area (Å²) in [6.45, 7) is 0. The first-order chi connectivity index (χ1) is 22.7. The molecule has 13 heteroatoms. The van der Waals surface area contributed by atoms with Gasteiger partial charge in [0.15, 0.2) is 0 Å². The van der Waals surface area contributed by atoms with Crippen LogP contribution in [0.2, 0.25) is 0 Å². The van der Waals surface area contributed by atoms with Crippen molar-refractivity contribution in [1.82, 2.24) is 9.80 Å². The number of fused-ring (bicyclic) bond motifs is 2. The summed E-state index contributed by atoms with van der Waals surface area (Å²) in [5.41, 5.74) is 4.74. The Morgan fingerprint density at radius 1 is 0.542 bits per heavy atom. The second kappa shape index (κ2) is 13.7. The molecule has 0 aromatic heterocycles. The van der Waals surface area contributed by atoms with Crippen molar-refractivity contribution in [3.05, 3.63) is 119 Å². The van der Waals surface area contributed by atoms with Crippen molar-refractivity contribution >= 4 is 23.6 Å². The van der Waals surface area contributed by atoms with Gasteiger partial charge in [0.2, 0.25) is 0 Å². The average molecular weight is 663 g/mol. The molecule has 1 atom stereocenters. The molecule has 0 radical (unpaired) electrons. The topological polar surface area (TPSA) is 95.0 Å². The Bertz CT molecular complexity index is 1850. The molecule has 242 valence electrons. The number of rotatable bonds is 3. The Kier molecular flexibility index (Phi) is 9.88. The molecule has 0 saturated carbocycles. The Hall–Kier alpha value is -6.18. The molecule has 0 aliphatic carbocycles. The zero-order valence-electron chi connectivity index (χ0n) is 24.2. The van der Waals surface area contributed by atoms with Crippen LogP contribution in [-0.2, 0) is 0 Å². The fraction of sp³-hybridized carbons (Fsp3) is 0.0857. The Balaban J connectivity index is 0.000000172. The minimum absolute atomic E-state index is 0.365. The van der Waals surface area contributed by atoms with E-state index in [0.717, 1.165) is 32.1 Å². The Morgan fingerprint density at radius 3 is 1.15 bits per heavy atom. The number of amides is 4. The van der Waals surface area contributed by atoms with Crippen LogP contribution < -0.4 is 0 Å². The minimum atomic E-state index is -5.94. The molecule has 4 amide bonds. The summed E-state index contributed by atoms with van der Waals surface area (Å²) in [5.74, 6) is -7.11. The van der Waals surface area contributed by atoms with Crippen molar-refractivity contribution in [3.8, 4) is 47.2 Å². The van der Waals surface area contributed by atoms with E-state index in [0.29, 0.717) is 22.3 Å². The average Bonchev–Trinajstić information content (AvgIpc) is 3.48. The summed E-state index contributed by atoms with van der Waals surface area (Å²) in [4.78, 5) is 50.0. The van der Waals surface area contributed by atoms with Gasteiger partial charge in [-0.25, -0.2) is 8.78 Å². The van der Waals surface area contributed by atoms with Crippen LogP contribution in [0.25, 0.3) is 22.3 Å². The summed E-state index contributed by atoms with van der Waals surface area (Å²) in [6.07, 6.45) is 0.0117. The first-order valence-electron chi connectivity index (χ1n) is 13.5. The van der Waals surface area contributed by atoms with Crippen molar-refractivity contribution in [2.75, 3.05) is 0 Å². The largest absolute Gasteiger partial charge is 0.454 e. The van der Waals surface area contributed by atoms with Gasteiger partial charge in [0, 0.05) is 12.1 Å². The van der Waals surface area contributed by atoms with Crippen LogP contribution in [0.15, 0.2) is 97.1 Å². The van der Waals surface area contributed by atoms with Gasteiger partial charge in [0.05, 0.1) is 22.3 Å². The number of halogens is 6. The van der Waals surface area contributed by atoms with E-state index in [1.54, 1.807) is 24.3 Å². The Morgan fingerprint density at radius 2 is 0.875 bits per heavy atom. The number of carbonyl (C=O) groups excluding carboxylic acids is 4. The molecule has 0 fully saturated rings. The number of hydrogen-bond donors (Lipinski definition) is 1. The quantitative estimate of drug-likeness (QED) is 0.153. The summed E-state index contributed by atoms with van der Waals surface area (Å²) in [5, 5.41) is 7.39. The monoisotopic (exact) mass is 662 g/mol. The first-order valence-corrected chi connectivity index (χ1v) is 13.5. The van der Waals surface area contributed by atoms with E-state index in [-0.39, 0.29) is 0 Å². The van der Waals surface area contributed by atoms with Gasteiger partial charge in [-0.05, 0) is 34.4 Å². The predicted octanol–water partition coefficient (Wildman–Crippen LogP) is 6.55. The van der Waals surface area contributed by atoms with E-state index in [2.05, 4.69) is 12.1 Å². The highest BCUT2D eigenvalue weighted by molar-refractivity contribution is 6.25. The van der Waals surface area contributed by atoms with Gasteiger partial charge in [-0.1, -0.05) is 97.8 Å². The number of nitrogens with zero attached hydrogens (tertiary/aromatic N) is 2. The lowest BCUT2D eigenvalue weighted by molar-refractivity contribution is -0.352. The highest BCUT2D eigenvalue weighted by atomic mass is 19.4. The van der Waals surface area contributed by atoms with Crippen LogP contribution >= 0.6 is 0 Å². The second-order valence-electron chi connectivity index (χ2n) is 9.81. The highest BCUT2D eigenvalue weighted by Crippen LogP contribution is 2.36. The highest BCUT2D eigenvalue weighted by Gasteiger charge is 2.62. The smallest absolute Gasteiger partial charge is 0.350 e. The van der Waals surface area contributed by atoms with E-state index in [1.165, 1.54) is 0 Å². The normalized spacial score (nSPS) is 14.5.